The molecule has 0 spiro atoms. The Hall–Kier alpha value is -3.91. The monoisotopic (exact) mass is 436 g/mol. The molecule has 0 aliphatic heterocycles. The molecule has 0 radical (unpaired) electrons. The Morgan fingerprint density at radius 3 is 2.10 bits per heavy atom. The fourth-order valence-corrected chi connectivity index (χ4v) is 3.96. The summed E-state index contributed by atoms with van der Waals surface area (Å²) in [6, 6.07) is 21.0. The van der Waals surface area contributed by atoms with E-state index in [0.717, 1.165) is 6.08 Å². The fourth-order valence-electron chi connectivity index (χ4n) is 2.76. The fraction of sp³-hybridized carbons (Fsp3) is 0.0435. The zero-order valence-electron chi connectivity index (χ0n) is 16.6. The van der Waals surface area contributed by atoms with E-state index in [0.29, 0.717) is 22.5 Å². The highest BCUT2D eigenvalue weighted by atomic mass is 32.2. The van der Waals surface area contributed by atoms with Crippen LogP contribution < -0.4 is 9.62 Å². The Kier molecular flexibility index (Phi) is 6.52. The molecule has 7 nitrogen and oxygen atoms in total. The molecule has 2 N–H and O–H groups in total. The number of hydrogen-bond acceptors (Lipinski definition) is 4. The van der Waals surface area contributed by atoms with Crippen LogP contribution in [0.3, 0.4) is 0 Å². The first kappa shape index (κ1) is 21.8. The molecule has 0 aliphatic carbocycles. The number of carbonyl (C=O) groups excluding carboxylic acids is 1. The normalized spacial score (nSPS) is 11.3. The van der Waals surface area contributed by atoms with Crippen LogP contribution in [0.15, 0.2) is 89.8 Å². The third-order valence-corrected chi connectivity index (χ3v) is 6.28. The topological polar surface area (TPSA) is 104 Å². The van der Waals surface area contributed by atoms with Gasteiger partial charge in [-0.3, -0.25) is 9.10 Å². The zero-order chi connectivity index (χ0) is 22.4. The van der Waals surface area contributed by atoms with Gasteiger partial charge >= 0.3 is 5.97 Å². The van der Waals surface area contributed by atoms with Gasteiger partial charge in [0.25, 0.3) is 15.9 Å². The lowest BCUT2D eigenvalue weighted by Gasteiger charge is -2.19. The van der Waals surface area contributed by atoms with E-state index in [1.165, 1.54) is 41.7 Å². The number of amides is 1. The summed E-state index contributed by atoms with van der Waals surface area (Å²) in [5, 5.41) is 11.4. The number of rotatable bonds is 7. The summed E-state index contributed by atoms with van der Waals surface area (Å²) in [4.78, 5) is 23.1. The van der Waals surface area contributed by atoms with Gasteiger partial charge in [-0.2, -0.15) is 0 Å². The molecule has 1 amide bonds. The summed E-state index contributed by atoms with van der Waals surface area (Å²) in [5.41, 5.74) is 2.02. The van der Waals surface area contributed by atoms with Gasteiger partial charge in [0, 0.05) is 24.4 Å². The first-order chi connectivity index (χ1) is 14.8. The predicted molar refractivity (Wildman–Crippen MR) is 120 cm³/mol. The van der Waals surface area contributed by atoms with Gasteiger partial charge in [-0.15, -0.1) is 0 Å². The maximum absolute atomic E-state index is 12.8. The average Bonchev–Trinajstić information content (AvgIpc) is 2.78. The largest absolute Gasteiger partial charge is 0.478 e. The van der Waals surface area contributed by atoms with Gasteiger partial charge in [-0.05, 0) is 60.2 Å². The number of carboxylic acid groups (broad SMARTS) is 1. The van der Waals surface area contributed by atoms with Crippen LogP contribution >= 0.6 is 0 Å². The number of aliphatic carboxylic acids is 1. The van der Waals surface area contributed by atoms with Gasteiger partial charge in [0.15, 0.2) is 0 Å². The third-order valence-electron chi connectivity index (χ3n) is 4.48. The van der Waals surface area contributed by atoms with E-state index in [-0.39, 0.29) is 10.8 Å². The van der Waals surface area contributed by atoms with E-state index < -0.39 is 16.0 Å². The zero-order valence-corrected chi connectivity index (χ0v) is 17.4. The average molecular weight is 436 g/mol. The number of carbonyl (C=O) groups is 2. The molecule has 0 aliphatic rings. The molecule has 8 heteroatoms. The second-order valence-corrected chi connectivity index (χ2v) is 8.55. The summed E-state index contributed by atoms with van der Waals surface area (Å²) in [6.07, 6.45) is 2.44. The number of anilines is 2. The Balaban J connectivity index is 1.70. The van der Waals surface area contributed by atoms with E-state index in [1.54, 1.807) is 48.5 Å². The number of nitrogens with one attached hydrogen (secondary N) is 1. The molecule has 158 valence electrons. The highest BCUT2D eigenvalue weighted by molar-refractivity contribution is 7.92. The smallest absolute Gasteiger partial charge is 0.328 e. The number of benzene rings is 3. The van der Waals surface area contributed by atoms with Crippen LogP contribution in [0.5, 0.6) is 0 Å². The summed E-state index contributed by atoms with van der Waals surface area (Å²) in [7, 11) is -2.25. The molecule has 31 heavy (non-hydrogen) atoms. The quantitative estimate of drug-likeness (QED) is 0.548. The second-order valence-electron chi connectivity index (χ2n) is 6.58. The van der Waals surface area contributed by atoms with Crippen molar-refractivity contribution in [3.63, 3.8) is 0 Å². The van der Waals surface area contributed by atoms with Crippen molar-refractivity contribution in [2.75, 3.05) is 16.7 Å². The van der Waals surface area contributed by atoms with Crippen LogP contribution in [0, 0.1) is 0 Å². The standard InChI is InChI=1S/C23H20N2O5S/c1-25(20-5-3-2-4-6-20)31(29,30)21-14-12-19(13-15-21)24-23(28)18-10-7-17(8-11-18)9-16-22(26)27/h2-16H,1H3,(H,24,28)(H,26,27)/b16-9+. The predicted octanol–water partition coefficient (Wildman–Crippen LogP) is 3.86. The molecule has 3 aromatic carbocycles. The highest BCUT2D eigenvalue weighted by Gasteiger charge is 2.21. The van der Waals surface area contributed by atoms with Crippen LogP contribution in [0.2, 0.25) is 0 Å². The Morgan fingerprint density at radius 2 is 1.52 bits per heavy atom. The lowest BCUT2D eigenvalue weighted by atomic mass is 10.1. The number of para-hydroxylation sites is 1. The van der Waals surface area contributed by atoms with Gasteiger partial charge in [-0.25, -0.2) is 13.2 Å². The van der Waals surface area contributed by atoms with Crippen molar-refractivity contribution >= 4 is 39.4 Å². The van der Waals surface area contributed by atoms with Gasteiger partial charge in [-0.1, -0.05) is 30.3 Å². The van der Waals surface area contributed by atoms with Crippen LogP contribution in [0.4, 0.5) is 11.4 Å². The van der Waals surface area contributed by atoms with E-state index in [9.17, 15) is 18.0 Å². The van der Waals surface area contributed by atoms with Crippen LogP contribution in [-0.4, -0.2) is 32.4 Å². The molecule has 0 atom stereocenters. The molecule has 3 rings (SSSR count). The lowest BCUT2D eigenvalue weighted by molar-refractivity contribution is -0.131. The second kappa shape index (κ2) is 9.27. The molecule has 0 aromatic heterocycles. The van der Waals surface area contributed by atoms with Crippen molar-refractivity contribution in [2.45, 2.75) is 4.90 Å². The minimum Gasteiger partial charge on any atom is -0.478 e. The Bertz CT molecular complexity index is 1200. The van der Waals surface area contributed by atoms with Gasteiger partial charge in [0.1, 0.15) is 0 Å². The molecule has 0 saturated heterocycles. The first-order valence-electron chi connectivity index (χ1n) is 9.24. The third kappa shape index (κ3) is 5.37. The molecule has 0 saturated carbocycles. The molecule has 0 fully saturated rings. The number of nitrogens with zero attached hydrogens (tertiary/aromatic N) is 1. The lowest BCUT2D eigenvalue weighted by Crippen LogP contribution is -2.26. The molecule has 0 unspecified atom stereocenters. The van der Waals surface area contributed by atoms with Crippen LogP contribution in [0.25, 0.3) is 6.08 Å². The summed E-state index contributed by atoms with van der Waals surface area (Å²) >= 11 is 0. The van der Waals surface area contributed by atoms with E-state index in [4.69, 9.17) is 5.11 Å². The van der Waals surface area contributed by atoms with E-state index >= 15 is 0 Å². The van der Waals surface area contributed by atoms with Crippen LogP contribution in [-0.2, 0) is 14.8 Å². The van der Waals surface area contributed by atoms with Crippen molar-refractivity contribution < 1.29 is 23.1 Å². The van der Waals surface area contributed by atoms with Crippen molar-refractivity contribution in [3.8, 4) is 0 Å². The minimum absolute atomic E-state index is 0.103. The number of hydrogen-bond donors (Lipinski definition) is 2. The van der Waals surface area contributed by atoms with Crippen molar-refractivity contribution in [1.82, 2.24) is 0 Å². The molecular weight excluding hydrogens is 416 g/mol. The molecule has 0 heterocycles. The summed E-state index contributed by atoms with van der Waals surface area (Å²) in [5.74, 6) is -1.42. The highest BCUT2D eigenvalue weighted by Crippen LogP contribution is 2.23. The van der Waals surface area contributed by atoms with Gasteiger partial charge in [0.2, 0.25) is 0 Å². The van der Waals surface area contributed by atoms with E-state index in [1.807, 2.05) is 6.07 Å². The minimum atomic E-state index is -3.73. The number of sulfonamides is 1. The van der Waals surface area contributed by atoms with Crippen molar-refractivity contribution in [2.24, 2.45) is 0 Å². The van der Waals surface area contributed by atoms with Crippen LogP contribution in [0.1, 0.15) is 15.9 Å². The van der Waals surface area contributed by atoms with Crippen molar-refractivity contribution in [1.29, 1.82) is 0 Å². The Labute approximate surface area is 180 Å². The SMILES string of the molecule is CN(c1ccccc1)S(=O)(=O)c1ccc(NC(=O)c2ccc(/C=C/C(=O)O)cc2)cc1. The van der Waals surface area contributed by atoms with Gasteiger partial charge < -0.3 is 10.4 Å². The summed E-state index contributed by atoms with van der Waals surface area (Å²) in [6.45, 7) is 0. The molecule has 3 aromatic rings. The van der Waals surface area contributed by atoms with E-state index in [2.05, 4.69) is 5.32 Å². The molecule has 0 bridgehead atoms. The van der Waals surface area contributed by atoms with Gasteiger partial charge in [0.05, 0.1) is 10.6 Å². The molecular formula is C23H20N2O5S. The Morgan fingerprint density at radius 1 is 0.903 bits per heavy atom. The number of carboxylic acids is 1. The van der Waals surface area contributed by atoms with Crippen molar-refractivity contribution in [3.05, 3.63) is 96.1 Å². The summed E-state index contributed by atoms with van der Waals surface area (Å²) < 4.78 is 26.8. The maximum Gasteiger partial charge on any atom is 0.328 e. The first-order valence-corrected chi connectivity index (χ1v) is 10.7. The maximum atomic E-state index is 12.8.